The molecule has 8 aromatic rings. The Bertz CT molecular complexity index is 2470. The second-order valence-corrected chi connectivity index (χ2v) is 10.8. The van der Waals surface area contributed by atoms with Crippen molar-refractivity contribution >= 4 is 49.3 Å². The average molecular weight is 565 g/mol. The smallest absolute Gasteiger partial charge is 0.190 e. The molecule has 8 rings (SSSR count). The maximum Gasteiger partial charge on any atom is 0.190 e. The van der Waals surface area contributed by atoms with Gasteiger partial charge in [-0.15, -0.1) is 0 Å². The molecule has 2 heterocycles. The van der Waals surface area contributed by atoms with Crippen LogP contribution in [0.5, 0.6) is 5.75 Å². The van der Waals surface area contributed by atoms with E-state index in [0.29, 0.717) is 11.3 Å². The molecule has 0 aliphatic carbocycles. The van der Waals surface area contributed by atoms with Gasteiger partial charge in [0.2, 0.25) is 0 Å². The lowest BCUT2D eigenvalue weighted by molar-refractivity contribution is 0.415. The van der Waals surface area contributed by atoms with Crippen LogP contribution < -0.4 is 4.74 Å². The van der Waals surface area contributed by atoms with Gasteiger partial charge in [-0.1, -0.05) is 48.5 Å². The zero-order valence-electron chi connectivity index (χ0n) is 23.8. The van der Waals surface area contributed by atoms with E-state index in [2.05, 4.69) is 111 Å². The van der Waals surface area contributed by atoms with Gasteiger partial charge in [-0.05, 0) is 90.0 Å². The first-order valence-electron chi connectivity index (χ1n) is 14.3. The third kappa shape index (κ3) is 3.85. The van der Waals surface area contributed by atoms with Crippen LogP contribution >= 0.6 is 0 Å². The highest BCUT2D eigenvalue weighted by Gasteiger charge is 2.17. The molecular weight excluding hydrogens is 540 g/mol. The van der Waals surface area contributed by atoms with Gasteiger partial charge in [0.05, 0.1) is 41.8 Å². The third-order valence-corrected chi connectivity index (χ3v) is 8.41. The zero-order valence-corrected chi connectivity index (χ0v) is 23.8. The van der Waals surface area contributed by atoms with Crippen molar-refractivity contribution in [3.05, 3.63) is 144 Å². The number of methoxy groups -OCH3 is 1. The number of hydrogen-bond donors (Lipinski definition) is 0. The van der Waals surface area contributed by atoms with Crippen molar-refractivity contribution in [3.8, 4) is 34.3 Å². The van der Waals surface area contributed by atoms with Gasteiger partial charge in [0.25, 0.3) is 0 Å². The Kier molecular flexibility index (Phi) is 5.72. The number of ether oxygens (including phenoxy) is 1. The molecule has 0 atom stereocenters. The molecule has 0 unspecified atom stereocenters. The molecule has 0 saturated carbocycles. The summed E-state index contributed by atoms with van der Waals surface area (Å²) < 4.78 is 10.1. The Balaban J connectivity index is 1.37. The summed E-state index contributed by atoms with van der Waals surface area (Å²) in [6.07, 6.45) is 0. The van der Waals surface area contributed by atoms with E-state index in [1.54, 1.807) is 13.2 Å². The van der Waals surface area contributed by atoms with Crippen molar-refractivity contribution < 1.29 is 4.74 Å². The Hall–Kier alpha value is -6.30. The molecule has 0 spiro atoms. The molecule has 0 bridgehead atoms. The minimum Gasteiger partial charge on any atom is -0.497 e. The molecular formula is C39H24N4O. The molecule has 0 radical (unpaired) electrons. The standard InChI is InChI=1S/C39H24N4O/c1-41-28-18-25(24-40)19-30(22-28)43-38-16-13-27(21-34(38)35-23-31(44-2)14-17-39(35)43)26-12-15-37-33(20-26)32-10-6-7-11-36(32)42(37)29-8-4-3-5-9-29/h3-23H,2H3. The summed E-state index contributed by atoms with van der Waals surface area (Å²) >= 11 is 0. The van der Waals surface area contributed by atoms with Gasteiger partial charge in [-0.25, -0.2) is 4.85 Å². The minimum atomic E-state index is 0.433. The largest absolute Gasteiger partial charge is 0.497 e. The van der Waals surface area contributed by atoms with Gasteiger partial charge in [-0.2, -0.15) is 5.26 Å². The predicted octanol–water partition coefficient (Wildman–Crippen LogP) is 9.98. The van der Waals surface area contributed by atoms with Crippen LogP contribution in [0.15, 0.2) is 127 Å². The van der Waals surface area contributed by atoms with Gasteiger partial charge in [0.15, 0.2) is 5.69 Å². The SMILES string of the molecule is [C-]#[N+]c1cc(C#N)cc(-n2c3ccc(OC)cc3c3cc(-c4ccc5c(c4)c4ccccc4n5-c4ccccc4)ccc32)c1. The van der Waals surface area contributed by atoms with E-state index in [-0.39, 0.29) is 0 Å². The first kappa shape index (κ1) is 25.4. The summed E-state index contributed by atoms with van der Waals surface area (Å²) in [5.74, 6) is 0.768. The highest BCUT2D eigenvalue weighted by molar-refractivity contribution is 6.13. The minimum absolute atomic E-state index is 0.433. The molecule has 206 valence electrons. The lowest BCUT2D eigenvalue weighted by atomic mass is 10.0. The van der Waals surface area contributed by atoms with Crippen LogP contribution in [0.1, 0.15) is 5.56 Å². The summed E-state index contributed by atoms with van der Waals surface area (Å²) in [7, 11) is 1.67. The van der Waals surface area contributed by atoms with Crippen LogP contribution in [0.3, 0.4) is 0 Å². The molecule has 0 N–H and O–H groups in total. The molecule has 0 fully saturated rings. The van der Waals surface area contributed by atoms with Crippen molar-refractivity contribution in [3.63, 3.8) is 0 Å². The second-order valence-electron chi connectivity index (χ2n) is 10.8. The number of benzene rings is 6. The summed E-state index contributed by atoms with van der Waals surface area (Å²) in [5, 5.41) is 14.2. The highest BCUT2D eigenvalue weighted by atomic mass is 16.5. The van der Waals surface area contributed by atoms with E-state index in [1.165, 1.54) is 16.3 Å². The molecule has 5 nitrogen and oxygen atoms in total. The number of nitrogens with zero attached hydrogens (tertiary/aromatic N) is 4. The normalized spacial score (nSPS) is 11.2. The maximum atomic E-state index is 9.66. The molecule has 5 heteroatoms. The lowest BCUT2D eigenvalue weighted by Gasteiger charge is -2.10. The second kappa shape index (κ2) is 9.91. The number of rotatable bonds is 4. The molecule has 0 aliphatic rings. The number of aromatic nitrogens is 2. The van der Waals surface area contributed by atoms with Gasteiger partial charge in [0, 0.05) is 38.5 Å². The Morgan fingerprint density at radius 2 is 1.18 bits per heavy atom. The van der Waals surface area contributed by atoms with Crippen LogP contribution in [0.4, 0.5) is 5.69 Å². The van der Waals surface area contributed by atoms with Gasteiger partial charge in [-0.3, -0.25) is 0 Å². The fourth-order valence-corrected chi connectivity index (χ4v) is 6.45. The quantitative estimate of drug-likeness (QED) is 0.200. The Morgan fingerprint density at radius 1 is 0.591 bits per heavy atom. The summed E-state index contributed by atoms with van der Waals surface area (Å²) in [4.78, 5) is 3.62. The maximum absolute atomic E-state index is 9.66. The van der Waals surface area contributed by atoms with E-state index in [9.17, 15) is 5.26 Å². The summed E-state index contributed by atoms with van der Waals surface area (Å²) in [6, 6.07) is 45.8. The van der Waals surface area contributed by atoms with E-state index in [0.717, 1.165) is 55.6 Å². The van der Waals surface area contributed by atoms with Crippen LogP contribution in [0, 0.1) is 17.9 Å². The lowest BCUT2D eigenvalue weighted by Crippen LogP contribution is -1.95. The molecule has 0 aliphatic heterocycles. The number of nitriles is 1. The Morgan fingerprint density at radius 3 is 1.86 bits per heavy atom. The topological polar surface area (TPSA) is 47.2 Å². The van der Waals surface area contributed by atoms with Crippen LogP contribution in [-0.4, -0.2) is 16.2 Å². The zero-order chi connectivity index (χ0) is 29.8. The van der Waals surface area contributed by atoms with Crippen molar-refractivity contribution in [1.29, 1.82) is 5.26 Å². The van der Waals surface area contributed by atoms with E-state index in [1.807, 2.05) is 30.3 Å². The molecule has 44 heavy (non-hydrogen) atoms. The average Bonchev–Trinajstić information content (AvgIpc) is 3.60. The van der Waals surface area contributed by atoms with Crippen molar-refractivity contribution in [2.75, 3.05) is 7.11 Å². The van der Waals surface area contributed by atoms with Crippen LogP contribution in [0.25, 0.3) is 71.0 Å². The summed E-state index contributed by atoms with van der Waals surface area (Å²) in [5.41, 5.74) is 9.34. The van der Waals surface area contributed by atoms with E-state index >= 15 is 0 Å². The third-order valence-electron chi connectivity index (χ3n) is 8.41. The number of para-hydroxylation sites is 2. The predicted molar refractivity (Wildman–Crippen MR) is 178 cm³/mol. The fourth-order valence-electron chi connectivity index (χ4n) is 6.45. The monoisotopic (exact) mass is 564 g/mol. The summed E-state index contributed by atoms with van der Waals surface area (Å²) in [6.45, 7) is 7.59. The molecule has 0 saturated heterocycles. The fraction of sp³-hybridized carbons (Fsp3) is 0.0256. The van der Waals surface area contributed by atoms with E-state index in [4.69, 9.17) is 11.3 Å². The van der Waals surface area contributed by atoms with Gasteiger partial charge < -0.3 is 13.9 Å². The van der Waals surface area contributed by atoms with Crippen LogP contribution in [0.2, 0.25) is 0 Å². The van der Waals surface area contributed by atoms with Crippen molar-refractivity contribution in [1.82, 2.24) is 9.13 Å². The van der Waals surface area contributed by atoms with Gasteiger partial charge >= 0.3 is 0 Å². The first-order chi connectivity index (χ1) is 21.7. The highest BCUT2D eigenvalue weighted by Crippen LogP contribution is 2.39. The van der Waals surface area contributed by atoms with Crippen LogP contribution in [-0.2, 0) is 0 Å². The molecule has 0 amide bonds. The Labute approximate surface area is 253 Å². The van der Waals surface area contributed by atoms with Crippen molar-refractivity contribution in [2.45, 2.75) is 0 Å². The number of fused-ring (bicyclic) bond motifs is 6. The molecule has 2 aromatic heterocycles. The number of hydrogen-bond acceptors (Lipinski definition) is 2. The van der Waals surface area contributed by atoms with Crippen molar-refractivity contribution in [2.24, 2.45) is 0 Å². The first-order valence-corrected chi connectivity index (χ1v) is 14.3. The van der Waals surface area contributed by atoms with E-state index < -0.39 is 0 Å². The molecule has 6 aromatic carbocycles. The van der Waals surface area contributed by atoms with Gasteiger partial charge in [0.1, 0.15) is 5.75 Å².